The highest BCUT2D eigenvalue weighted by Gasteiger charge is 2.43. The maximum absolute atomic E-state index is 13.6. The number of pyridine rings is 1. The lowest BCUT2D eigenvalue weighted by Gasteiger charge is -2.25. The first-order valence-corrected chi connectivity index (χ1v) is 12.4. The first-order chi connectivity index (χ1) is 14.2. The van der Waals surface area contributed by atoms with Crippen molar-refractivity contribution in [1.29, 1.82) is 0 Å². The predicted octanol–water partition coefficient (Wildman–Crippen LogP) is 3.51. The number of rotatable bonds is 11. The molecular formula is C17H25N3O8P2. The van der Waals surface area contributed by atoms with E-state index in [1.54, 1.807) is 27.7 Å². The second-order valence-electron chi connectivity index (χ2n) is 5.82. The molecule has 0 fully saturated rings. The molecule has 166 valence electrons. The number of aromatic nitrogens is 1. The zero-order valence-corrected chi connectivity index (χ0v) is 19.0. The molecule has 2 aromatic rings. The van der Waals surface area contributed by atoms with Crippen LogP contribution in [0.3, 0.4) is 0 Å². The van der Waals surface area contributed by atoms with Crippen molar-refractivity contribution in [3.05, 3.63) is 28.3 Å². The molecule has 30 heavy (non-hydrogen) atoms. The molecule has 0 bridgehead atoms. The molecule has 1 aromatic heterocycles. The van der Waals surface area contributed by atoms with Crippen LogP contribution in [0.15, 0.2) is 18.2 Å². The lowest BCUT2D eigenvalue weighted by molar-refractivity contribution is -0.384. The first kappa shape index (κ1) is 24.4. The van der Waals surface area contributed by atoms with Crippen LogP contribution in [-0.4, -0.2) is 36.3 Å². The summed E-state index contributed by atoms with van der Waals surface area (Å²) in [6.45, 7) is 6.46. The molecule has 0 aliphatic carbocycles. The van der Waals surface area contributed by atoms with Crippen LogP contribution < -0.4 is 16.5 Å². The zero-order chi connectivity index (χ0) is 22.5. The molecule has 0 atom stereocenters. The van der Waals surface area contributed by atoms with Gasteiger partial charge in [-0.15, -0.1) is 0 Å². The van der Waals surface area contributed by atoms with E-state index in [1.807, 2.05) is 0 Å². The first-order valence-electron chi connectivity index (χ1n) is 9.34. The van der Waals surface area contributed by atoms with Crippen LogP contribution >= 0.6 is 15.2 Å². The van der Waals surface area contributed by atoms with E-state index in [0.717, 1.165) is 0 Å². The van der Waals surface area contributed by atoms with Crippen LogP contribution in [0.4, 0.5) is 11.4 Å². The van der Waals surface area contributed by atoms with Crippen molar-refractivity contribution >= 4 is 48.2 Å². The van der Waals surface area contributed by atoms with E-state index in [4.69, 9.17) is 23.8 Å². The van der Waals surface area contributed by atoms with Crippen LogP contribution in [0.1, 0.15) is 27.7 Å². The molecule has 0 aliphatic rings. The van der Waals surface area contributed by atoms with E-state index in [-0.39, 0.29) is 59.4 Å². The fraction of sp³-hybridized carbons (Fsp3) is 0.471. The lowest BCUT2D eigenvalue weighted by Crippen LogP contribution is -2.34. The van der Waals surface area contributed by atoms with E-state index in [9.17, 15) is 19.2 Å². The summed E-state index contributed by atoms with van der Waals surface area (Å²) in [6.07, 6.45) is 0. The van der Waals surface area contributed by atoms with Crippen molar-refractivity contribution in [3.63, 3.8) is 0 Å². The molecule has 0 radical (unpaired) electrons. The van der Waals surface area contributed by atoms with Crippen molar-refractivity contribution in [3.8, 4) is 0 Å². The van der Waals surface area contributed by atoms with Crippen LogP contribution in [0.25, 0.3) is 10.9 Å². The summed E-state index contributed by atoms with van der Waals surface area (Å²) in [5.74, 6) is 0. The van der Waals surface area contributed by atoms with Crippen LogP contribution in [0.5, 0.6) is 0 Å². The number of nitrogens with two attached hydrogens (primary N) is 1. The summed E-state index contributed by atoms with van der Waals surface area (Å²) >= 11 is 0. The van der Waals surface area contributed by atoms with Crippen LogP contribution in [-0.2, 0) is 27.2 Å². The van der Waals surface area contributed by atoms with Gasteiger partial charge in [0.05, 0.1) is 42.6 Å². The molecule has 0 saturated heterocycles. The fourth-order valence-electron chi connectivity index (χ4n) is 2.83. The second kappa shape index (κ2) is 9.96. The topological polar surface area (TPSA) is 153 Å². The number of benzene rings is 1. The Balaban J connectivity index is 3.00. The number of nitrogens with zero attached hydrogens (tertiary/aromatic N) is 2. The van der Waals surface area contributed by atoms with Gasteiger partial charge in [-0.25, -0.2) is 4.98 Å². The van der Waals surface area contributed by atoms with Gasteiger partial charge >= 0.3 is 15.2 Å². The third kappa shape index (κ3) is 4.72. The molecule has 1 heterocycles. The molecule has 11 nitrogen and oxygen atoms in total. The monoisotopic (exact) mass is 461 g/mol. The minimum Gasteiger partial charge on any atom is -0.397 e. The van der Waals surface area contributed by atoms with Gasteiger partial charge in [0.1, 0.15) is 5.30 Å². The number of nitro groups is 1. The largest absolute Gasteiger partial charge is 0.397 e. The summed E-state index contributed by atoms with van der Waals surface area (Å²) in [4.78, 5) is 14.9. The van der Waals surface area contributed by atoms with E-state index in [0.29, 0.717) is 0 Å². The van der Waals surface area contributed by atoms with Gasteiger partial charge in [0, 0.05) is 17.5 Å². The van der Waals surface area contributed by atoms with Crippen molar-refractivity contribution in [1.82, 2.24) is 4.98 Å². The van der Waals surface area contributed by atoms with Gasteiger partial charge in [-0.2, -0.15) is 0 Å². The quantitative estimate of drug-likeness (QED) is 0.299. The predicted molar refractivity (Wildman–Crippen MR) is 114 cm³/mol. The van der Waals surface area contributed by atoms with Gasteiger partial charge in [-0.3, -0.25) is 19.2 Å². The van der Waals surface area contributed by atoms with Crippen LogP contribution in [0, 0.1) is 10.1 Å². The van der Waals surface area contributed by atoms with Gasteiger partial charge in [-0.1, -0.05) is 0 Å². The minimum atomic E-state index is -4.12. The Labute approximate surface area is 174 Å². The molecule has 1 aromatic carbocycles. The van der Waals surface area contributed by atoms with Gasteiger partial charge in [0.2, 0.25) is 0 Å². The molecule has 0 unspecified atom stereocenters. The summed E-state index contributed by atoms with van der Waals surface area (Å²) in [5, 5.41) is 11.1. The molecule has 13 heteroatoms. The number of hydrogen-bond acceptors (Lipinski definition) is 10. The van der Waals surface area contributed by atoms with Gasteiger partial charge < -0.3 is 23.8 Å². The number of fused-ring (bicyclic) bond motifs is 1. The SMILES string of the molecule is CCOP(=O)(OCC)c1nc2ccc([N+](=O)[O-])cc2c(N)c1P(=O)(OCC)OCC. The summed E-state index contributed by atoms with van der Waals surface area (Å²) in [5.41, 5.74) is 5.79. The molecule has 0 amide bonds. The standard InChI is InChI=1S/C17H25N3O8P2/c1-5-25-29(23,26-6-2)16-15(18)13-11-12(20(21)22)9-10-14(13)19-17(16)30(24,27-7-3)28-8-4/h9-11H,5-8H2,1-4H3,(H2,18,19). The normalized spacial score (nSPS) is 12.4. The summed E-state index contributed by atoms with van der Waals surface area (Å²) in [6, 6.07) is 3.78. The van der Waals surface area contributed by atoms with Crippen LogP contribution in [0.2, 0.25) is 0 Å². The second-order valence-corrected chi connectivity index (χ2v) is 9.72. The molecule has 2 N–H and O–H groups in total. The highest BCUT2D eigenvalue weighted by Crippen LogP contribution is 2.54. The number of non-ortho nitro benzene ring substituents is 1. The summed E-state index contributed by atoms with van der Waals surface area (Å²) < 4.78 is 48.8. The van der Waals surface area contributed by atoms with Crippen molar-refractivity contribution in [2.75, 3.05) is 32.2 Å². The van der Waals surface area contributed by atoms with Gasteiger partial charge in [0.25, 0.3) is 5.69 Å². The van der Waals surface area contributed by atoms with E-state index in [1.165, 1.54) is 18.2 Å². The van der Waals surface area contributed by atoms with Gasteiger partial charge in [-0.05, 0) is 33.8 Å². The average Bonchev–Trinajstić information content (AvgIpc) is 2.68. The number of anilines is 1. The Bertz CT molecular complexity index is 1010. The maximum Gasteiger partial charge on any atom is 0.380 e. The van der Waals surface area contributed by atoms with Crippen molar-refractivity contribution in [2.45, 2.75) is 27.7 Å². The Morgan fingerprint density at radius 3 is 1.93 bits per heavy atom. The Morgan fingerprint density at radius 1 is 0.967 bits per heavy atom. The smallest absolute Gasteiger partial charge is 0.380 e. The van der Waals surface area contributed by atoms with E-state index in [2.05, 4.69) is 4.98 Å². The molecule has 0 saturated carbocycles. The highest BCUT2D eigenvalue weighted by molar-refractivity contribution is 7.69. The third-order valence-electron chi connectivity index (χ3n) is 3.90. The average molecular weight is 461 g/mol. The summed E-state index contributed by atoms with van der Waals surface area (Å²) in [7, 11) is -8.20. The van der Waals surface area contributed by atoms with Gasteiger partial charge in [0.15, 0.2) is 5.44 Å². The Morgan fingerprint density at radius 2 is 1.47 bits per heavy atom. The number of nitro benzene ring substituents is 1. The number of hydrogen-bond donors (Lipinski definition) is 1. The van der Waals surface area contributed by atoms with Crippen molar-refractivity contribution in [2.24, 2.45) is 0 Å². The highest BCUT2D eigenvalue weighted by atomic mass is 31.2. The lowest BCUT2D eigenvalue weighted by atomic mass is 10.1. The molecular weight excluding hydrogens is 436 g/mol. The molecule has 2 rings (SSSR count). The van der Waals surface area contributed by atoms with E-state index < -0.39 is 20.1 Å². The fourth-order valence-corrected chi connectivity index (χ4v) is 6.90. The molecule has 0 aliphatic heterocycles. The zero-order valence-electron chi connectivity index (χ0n) is 17.2. The maximum atomic E-state index is 13.6. The van der Waals surface area contributed by atoms with E-state index >= 15 is 0 Å². The minimum absolute atomic E-state index is 0.00327. The number of nitrogen functional groups attached to an aromatic ring is 1. The Hall–Kier alpha value is -1.87. The van der Waals surface area contributed by atoms with Crippen molar-refractivity contribution < 1.29 is 32.1 Å². The Kier molecular flexibility index (Phi) is 8.10. The third-order valence-corrected chi connectivity index (χ3v) is 8.32. The molecule has 0 spiro atoms.